The lowest BCUT2D eigenvalue weighted by Gasteiger charge is -2.31. The number of likely N-dealkylation sites (tertiary alicyclic amines) is 1. The van der Waals surface area contributed by atoms with E-state index in [4.69, 9.17) is 14.2 Å². The van der Waals surface area contributed by atoms with Gasteiger partial charge in [0.2, 0.25) is 6.79 Å². The molecule has 3 rings (SSSR count). The fourth-order valence-corrected chi connectivity index (χ4v) is 3.12. The van der Waals surface area contributed by atoms with Gasteiger partial charge in [0.25, 0.3) is 0 Å². The summed E-state index contributed by atoms with van der Waals surface area (Å²) in [4.78, 5) is 14.8. The molecule has 0 radical (unpaired) electrons. The molecule has 5 nitrogen and oxygen atoms in total. The Morgan fingerprint density at radius 1 is 1.30 bits per heavy atom. The number of hydrogen-bond donors (Lipinski definition) is 0. The van der Waals surface area contributed by atoms with Gasteiger partial charge in [0.1, 0.15) is 5.56 Å². The van der Waals surface area contributed by atoms with E-state index in [0.29, 0.717) is 29.6 Å². The highest BCUT2D eigenvalue weighted by Gasteiger charge is 2.24. The highest BCUT2D eigenvalue weighted by atomic mass is 16.7. The van der Waals surface area contributed by atoms with Gasteiger partial charge in [0.15, 0.2) is 11.5 Å². The van der Waals surface area contributed by atoms with Gasteiger partial charge in [0.05, 0.1) is 6.61 Å². The van der Waals surface area contributed by atoms with Crippen LogP contribution in [0.15, 0.2) is 18.2 Å². The lowest BCUT2D eigenvalue weighted by atomic mass is 9.97. The Labute approximate surface area is 137 Å². The van der Waals surface area contributed by atoms with Crippen LogP contribution in [0.1, 0.15) is 43.0 Å². The van der Waals surface area contributed by atoms with Gasteiger partial charge in [-0.2, -0.15) is 0 Å². The lowest BCUT2D eigenvalue weighted by Crippen LogP contribution is -2.36. The molecule has 1 aromatic carbocycles. The number of benzene rings is 1. The van der Waals surface area contributed by atoms with E-state index in [1.54, 1.807) is 18.2 Å². The molecule has 23 heavy (non-hydrogen) atoms. The summed E-state index contributed by atoms with van der Waals surface area (Å²) in [5, 5.41) is 0. The second kappa shape index (κ2) is 7.68. The predicted molar refractivity (Wildman–Crippen MR) is 86.9 cm³/mol. The van der Waals surface area contributed by atoms with E-state index >= 15 is 0 Å². The van der Waals surface area contributed by atoms with Gasteiger partial charge < -0.3 is 19.1 Å². The molecule has 5 heteroatoms. The lowest BCUT2D eigenvalue weighted by molar-refractivity contribution is 0.0368. The summed E-state index contributed by atoms with van der Waals surface area (Å²) >= 11 is 0. The Morgan fingerprint density at radius 3 is 2.91 bits per heavy atom. The molecule has 1 saturated heterocycles. The van der Waals surface area contributed by atoms with Crippen LogP contribution >= 0.6 is 0 Å². The first kappa shape index (κ1) is 16.1. The van der Waals surface area contributed by atoms with Crippen LogP contribution in [0.3, 0.4) is 0 Å². The quantitative estimate of drug-likeness (QED) is 0.754. The number of para-hydroxylation sites is 1. The van der Waals surface area contributed by atoms with Crippen LogP contribution in [0.25, 0.3) is 0 Å². The Morgan fingerprint density at radius 2 is 2.13 bits per heavy atom. The SMILES string of the molecule is CCCCN1CCC(COC(=O)c2cccc3c2OCO3)CC1. The molecule has 0 bridgehead atoms. The van der Waals surface area contributed by atoms with E-state index < -0.39 is 0 Å². The van der Waals surface area contributed by atoms with Gasteiger partial charge in [-0.1, -0.05) is 19.4 Å². The van der Waals surface area contributed by atoms with Crippen LogP contribution in [0.2, 0.25) is 0 Å². The second-order valence-corrected chi connectivity index (χ2v) is 6.28. The van der Waals surface area contributed by atoms with Gasteiger partial charge in [-0.05, 0) is 56.9 Å². The van der Waals surface area contributed by atoms with Crippen molar-refractivity contribution < 1.29 is 19.0 Å². The van der Waals surface area contributed by atoms with Crippen molar-refractivity contribution in [1.82, 2.24) is 4.90 Å². The number of ether oxygens (including phenoxy) is 3. The Balaban J connectivity index is 1.46. The topological polar surface area (TPSA) is 48.0 Å². The zero-order valence-electron chi connectivity index (χ0n) is 13.8. The maximum atomic E-state index is 12.3. The number of carbonyl (C=O) groups excluding carboxylic acids is 1. The summed E-state index contributed by atoms with van der Waals surface area (Å²) in [6.45, 7) is 6.29. The third-order valence-electron chi connectivity index (χ3n) is 4.60. The van der Waals surface area contributed by atoms with Crippen LogP contribution in [0.5, 0.6) is 11.5 Å². The van der Waals surface area contributed by atoms with Gasteiger partial charge in [-0.15, -0.1) is 0 Å². The molecule has 0 spiro atoms. The molecule has 126 valence electrons. The molecular formula is C18H25NO4. The van der Waals surface area contributed by atoms with Crippen molar-refractivity contribution >= 4 is 5.97 Å². The predicted octanol–water partition coefficient (Wildman–Crippen LogP) is 3.08. The third kappa shape index (κ3) is 3.96. The molecule has 0 amide bonds. The fraction of sp³-hybridized carbons (Fsp3) is 0.611. The number of fused-ring (bicyclic) bond motifs is 1. The summed E-state index contributed by atoms with van der Waals surface area (Å²) < 4.78 is 16.2. The Kier molecular flexibility index (Phi) is 5.39. The van der Waals surface area contributed by atoms with E-state index in [2.05, 4.69) is 11.8 Å². The van der Waals surface area contributed by atoms with Crippen molar-refractivity contribution in [3.63, 3.8) is 0 Å². The number of unbranched alkanes of at least 4 members (excludes halogenated alkanes) is 1. The number of piperidine rings is 1. The first-order valence-corrected chi connectivity index (χ1v) is 8.56. The third-order valence-corrected chi connectivity index (χ3v) is 4.60. The van der Waals surface area contributed by atoms with Crippen molar-refractivity contribution in [3.05, 3.63) is 23.8 Å². The molecule has 0 atom stereocenters. The monoisotopic (exact) mass is 319 g/mol. The highest BCUT2D eigenvalue weighted by Crippen LogP contribution is 2.35. The van der Waals surface area contributed by atoms with E-state index in [0.717, 1.165) is 25.9 Å². The largest absolute Gasteiger partial charge is 0.462 e. The van der Waals surface area contributed by atoms with E-state index in [1.165, 1.54) is 19.4 Å². The Bertz CT molecular complexity index is 538. The van der Waals surface area contributed by atoms with E-state index in [-0.39, 0.29) is 12.8 Å². The van der Waals surface area contributed by atoms with Gasteiger partial charge in [0, 0.05) is 0 Å². The molecule has 0 unspecified atom stereocenters. The van der Waals surface area contributed by atoms with Crippen molar-refractivity contribution in [2.75, 3.05) is 33.0 Å². The zero-order valence-corrected chi connectivity index (χ0v) is 13.8. The molecule has 1 fully saturated rings. The maximum absolute atomic E-state index is 12.3. The smallest absolute Gasteiger partial charge is 0.342 e. The van der Waals surface area contributed by atoms with Crippen molar-refractivity contribution in [2.45, 2.75) is 32.6 Å². The summed E-state index contributed by atoms with van der Waals surface area (Å²) in [6, 6.07) is 5.31. The number of esters is 1. The minimum Gasteiger partial charge on any atom is -0.462 e. The first-order valence-electron chi connectivity index (χ1n) is 8.56. The van der Waals surface area contributed by atoms with Crippen LogP contribution < -0.4 is 9.47 Å². The van der Waals surface area contributed by atoms with Crippen molar-refractivity contribution in [3.8, 4) is 11.5 Å². The minimum absolute atomic E-state index is 0.163. The molecule has 1 aromatic rings. The van der Waals surface area contributed by atoms with Gasteiger partial charge >= 0.3 is 5.97 Å². The van der Waals surface area contributed by atoms with Crippen LogP contribution in [-0.4, -0.2) is 43.9 Å². The van der Waals surface area contributed by atoms with Gasteiger partial charge in [-0.3, -0.25) is 0 Å². The average Bonchev–Trinajstić information content (AvgIpc) is 3.07. The van der Waals surface area contributed by atoms with Crippen LogP contribution in [0.4, 0.5) is 0 Å². The minimum atomic E-state index is -0.319. The second-order valence-electron chi connectivity index (χ2n) is 6.28. The number of hydrogen-bond acceptors (Lipinski definition) is 5. The molecule has 0 aromatic heterocycles. The van der Waals surface area contributed by atoms with Crippen LogP contribution in [-0.2, 0) is 4.74 Å². The maximum Gasteiger partial charge on any atom is 0.342 e. The molecule has 0 saturated carbocycles. The van der Waals surface area contributed by atoms with E-state index in [9.17, 15) is 4.79 Å². The number of rotatable bonds is 6. The average molecular weight is 319 g/mol. The molecule has 0 aliphatic carbocycles. The zero-order chi connectivity index (χ0) is 16.1. The Hall–Kier alpha value is -1.75. The summed E-state index contributed by atoms with van der Waals surface area (Å²) in [7, 11) is 0. The summed E-state index contributed by atoms with van der Waals surface area (Å²) in [5.74, 6) is 1.27. The van der Waals surface area contributed by atoms with Crippen molar-refractivity contribution in [2.24, 2.45) is 5.92 Å². The molecule has 2 heterocycles. The first-order chi connectivity index (χ1) is 11.3. The number of carbonyl (C=O) groups is 1. The molecule has 2 aliphatic heterocycles. The van der Waals surface area contributed by atoms with Gasteiger partial charge in [-0.25, -0.2) is 4.79 Å². The fourth-order valence-electron chi connectivity index (χ4n) is 3.12. The number of nitrogens with zero attached hydrogens (tertiary/aromatic N) is 1. The van der Waals surface area contributed by atoms with Crippen LogP contribution in [0, 0.1) is 5.92 Å². The summed E-state index contributed by atoms with van der Waals surface area (Å²) in [5.41, 5.74) is 0.459. The standard InChI is InChI=1S/C18H25NO4/c1-2-3-9-19-10-7-14(8-11-19)12-21-18(20)15-5-4-6-16-17(15)23-13-22-16/h4-6,14H,2-3,7-13H2,1H3. The molecular weight excluding hydrogens is 294 g/mol. The van der Waals surface area contributed by atoms with Crippen molar-refractivity contribution in [1.29, 1.82) is 0 Å². The van der Waals surface area contributed by atoms with E-state index in [1.807, 2.05) is 0 Å². The normalized spacial score (nSPS) is 18.1. The highest BCUT2D eigenvalue weighted by molar-refractivity contribution is 5.93. The molecule has 0 N–H and O–H groups in total. The summed E-state index contributed by atoms with van der Waals surface area (Å²) in [6.07, 6.45) is 4.71. The molecule has 2 aliphatic rings.